The fraction of sp³-hybridized carbons (Fsp3) is 0.833. The minimum Gasteiger partial charge on any atom is -0.480 e. The van der Waals surface area contributed by atoms with Crippen molar-refractivity contribution >= 4 is 5.97 Å². The summed E-state index contributed by atoms with van der Waals surface area (Å²) in [4.78, 5) is 11.3. The summed E-state index contributed by atoms with van der Waals surface area (Å²) in [6, 6.07) is -0.932. The monoisotopic (exact) mass is 165 g/mol. The molecule has 1 rings (SSSR count). The number of carbonyl (C=O) groups is 1. The number of nitrogens with zero attached hydrogens (tertiary/aromatic N) is 1. The lowest BCUT2D eigenvalue weighted by Crippen LogP contribution is -2.64. The lowest BCUT2D eigenvalue weighted by molar-refractivity contribution is -0.183. The second-order valence-electron chi connectivity index (χ2n) is 2.74. The van der Waals surface area contributed by atoms with Gasteiger partial charge in [-0.05, 0) is 6.92 Å². The molecule has 0 bridgehead atoms. The van der Waals surface area contributed by atoms with E-state index in [0.29, 0.717) is 0 Å². The molecule has 1 fully saturated rings. The SMILES string of the molecule is C[C@H]1N(CC(=O)O)CC1(F)F. The van der Waals surface area contributed by atoms with E-state index in [1.807, 2.05) is 0 Å². The molecule has 0 unspecified atom stereocenters. The van der Waals surface area contributed by atoms with Crippen molar-refractivity contribution < 1.29 is 18.7 Å². The fourth-order valence-electron chi connectivity index (χ4n) is 1.06. The molecule has 0 aromatic rings. The Bertz CT molecular complexity index is 183. The van der Waals surface area contributed by atoms with Crippen LogP contribution in [0.4, 0.5) is 8.78 Å². The fourth-order valence-corrected chi connectivity index (χ4v) is 1.06. The van der Waals surface area contributed by atoms with Gasteiger partial charge in [-0.25, -0.2) is 8.78 Å². The minimum atomic E-state index is -2.70. The maximum atomic E-state index is 12.4. The lowest BCUT2D eigenvalue weighted by atomic mass is 10.0. The number of likely N-dealkylation sites (tertiary alicyclic amines) is 1. The molecule has 1 aliphatic heterocycles. The van der Waals surface area contributed by atoms with Crippen LogP contribution in [0.2, 0.25) is 0 Å². The van der Waals surface area contributed by atoms with Crippen molar-refractivity contribution in [2.24, 2.45) is 0 Å². The zero-order valence-corrected chi connectivity index (χ0v) is 6.05. The van der Waals surface area contributed by atoms with Crippen LogP contribution < -0.4 is 0 Å². The number of halogens is 2. The lowest BCUT2D eigenvalue weighted by Gasteiger charge is -2.44. The first-order valence-corrected chi connectivity index (χ1v) is 3.27. The van der Waals surface area contributed by atoms with Crippen LogP contribution in [0.1, 0.15) is 6.92 Å². The summed E-state index contributed by atoms with van der Waals surface area (Å²) >= 11 is 0. The third-order valence-electron chi connectivity index (χ3n) is 1.91. The van der Waals surface area contributed by atoms with E-state index in [1.165, 1.54) is 11.8 Å². The number of hydrogen-bond donors (Lipinski definition) is 1. The molecule has 0 amide bonds. The van der Waals surface area contributed by atoms with Crippen LogP contribution in [-0.2, 0) is 4.79 Å². The molecule has 1 N–H and O–H groups in total. The summed E-state index contributed by atoms with van der Waals surface area (Å²) in [7, 11) is 0. The molecule has 11 heavy (non-hydrogen) atoms. The molecule has 0 spiro atoms. The van der Waals surface area contributed by atoms with E-state index in [4.69, 9.17) is 5.11 Å². The first kappa shape index (κ1) is 8.39. The largest absolute Gasteiger partial charge is 0.480 e. The summed E-state index contributed by atoms with van der Waals surface area (Å²) in [6.45, 7) is 0.601. The normalized spacial score (nSPS) is 29.5. The topological polar surface area (TPSA) is 40.5 Å². The first-order valence-electron chi connectivity index (χ1n) is 3.27. The van der Waals surface area contributed by atoms with Crippen molar-refractivity contribution in [2.45, 2.75) is 18.9 Å². The molecule has 1 atom stereocenters. The van der Waals surface area contributed by atoms with Crippen molar-refractivity contribution in [1.82, 2.24) is 4.90 Å². The Morgan fingerprint density at radius 1 is 1.82 bits per heavy atom. The van der Waals surface area contributed by atoms with Crippen LogP contribution in [0.15, 0.2) is 0 Å². The molecule has 1 heterocycles. The average Bonchev–Trinajstić information content (AvgIpc) is 1.85. The van der Waals surface area contributed by atoms with Gasteiger partial charge in [0.2, 0.25) is 0 Å². The summed E-state index contributed by atoms with van der Waals surface area (Å²) in [5, 5.41) is 8.25. The first-order chi connectivity index (χ1) is 4.93. The number of carboxylic acids is 1. The highest BCUT2D eigenvalue weighted by atomic mass is 19.3. The molecule has 3 nitrogen and oxygen atoms in total. The third kappa shape index (κ3) is 1.48. The zero-order valence-electron chi connectivity index (χ0n) is 6.05. The zero-order chi connectivity index (χ0) is 8.65. The molecule has 1 aliphatic rings. The Hall–Kier alpha value is -0.710. The predicted molar refractivity (Wildman–Crippen MR) is 33.6 cm³/mol. The van der Waals surface area contributed by atoms with Gasteiger partial charge in [-0.15, -0.1) is 0 Å². The highest BCUT2D eigenvalue weighted by Crippen LogP contribution is 2.33. The number of aliphatic carboxylic acids is 1. The Morgan fingerprint density at radius 3 is 2.64 bits per heavy atom. The van der Waals surface area contributed by atoms with E-state index >= 15 is 0 Å². The molecule has 0 aromatic carbocycles. The van der Waals surface area contributed by atoms with E-state index in [1.54, 1.807) is 0 Å². The van der Waals surface area contributed by atoms with Crippen LogP contribution in [-0.4, -0.2) is 41.0 Å². The van der Waals surface area contributed by atoms with Crippen LogP contribution >= 0.6 is 0 Å². The molecule has 0 saturated carbocycles. The van der Waals surface area contributed by atoms with Crippen LogP contribution in [0, 0.1) is 0 Å². The smallest absolute Gasteiger partial charge is 0.317 e. The van der Waals surface area contributed by atoms with Crippen LogP contribution in [0.25, 0.3) is 0 Å². The van der Waals surface area contributed by atoms with E-state index in [2.05, 4.69) is 0 Å². The summed E-state index contributed by atoms with van der Waals surface area (Å²) < 4.78 is 24.8. The van der Waals surface area contributed by atoms with Crippen molar-refractivity contribution in [2.75, 3.05) is 13.1 Å². The quantitative estimate of drug-likeness (QED) is 0.644. The van der Waals surface area contributed by atoms with Gasteiger partial charge in [0.1, 0.15) is 0 Å². The van der Waals surface area contributed by atoms with Gasteiger partial charge in [-0.1, -0.05) is 0 Å². The van der Waals surface area contributed by atoms with Gasteiger partial charge in [0.05, 0.1) is 19.1 Å². The number of carboxylic acid groups (broad SMARTS) is 1. The van der Waals surface area contributed by atoms with E-state index in [-0.39, 0.29) is 6.54 Å². The Morgan fingerprint density at radius 2 is 2.36 bits per heavy atom. The third-order valence-corrected chi connectivity index (χ3v) is 1.91. The van der Waals surface area contributed by atoms with Crippen molar-refractivity contribution in [3.8, 4) is 0 Å². The van der Waals surface area contributed by atoms with E-state index in [9.17, 15) is 13.6 Å². The Kier molecular flexibility index (Phi) is 1.83. The highest BCUT2D eigenvalue weighted by Gasteiger charge is 2.51. The summed E-state index contributed by atoms with van der Waals surface area (Å²) in [5.74, 6) is -3.76. The van der Waals surface area contributed by atoms with Crippen molar-refractivity contribution in [3.63, 3.8) is 0 Å². The minimum absolute atomic E-state index is 0.295. The average molecular weight is 165 g/mol. The standard InChI is InChI=1S/C6H9F2NO2/c1-4-6(7,8)3-9(4)2-5(10)11/h4H,2-3H2,1H3,(H,10,11)/t4-/m1/s1. The molecule has 64 valence electrons. The highest BCUT2D eigenvalue weighted by molar-refractivity contribution is 5.69. The van der Waals surface area contributed by atoms with Crippen LogP contribution in [0.5, 0.6) is 0 Å². The van der Waals surface area contributed by atoms with Gasteiger partial charge in [0.15, 0.2) is 0 Å². The summed E-state index contributed by atoms with van der Waals surface area (Å²) in [5.41, 5.74) is 0. The second kappa shape index (κ2) is 2.41. The Labute approximate surface area is 62.6 Å². The molecule has 5 heteroatoms. The van der Waals surface area contributed by atoms with Gasteiger partial charge >= 0.3 is 5.97 Å². The molecule has 0 aromatic heterocycles. The van der Waals surface area contributed by atoms with Gasteiger partial charge in [0.25, 0.3) is 5.92 Å². The molecule has 0 aliphatic carbocycles. The number of rotatable bonds is 2. The van der Waals surface area contributed by atoms with Crippen LogP contribution in [0.3, 0.4) is 0 Å². The molecule has 1 saturated heterocycles. The van der Waals surface area contributed by atoms with Gasteiger partial charge < -0.3 is 5.11 Å². The second-order valence-corrected chi connectivity index (χ2v) is 2.74. The maximum absolute atomic E-state index is 12.4. The van der Waals surface area contributed by atoms with Crippen molar-refractivity contribution in [3.05, 3.63) is 0 Å². The maximum Gasteiger partial charge on any atom is 0.317 e. The Balaban J connectivity index is 2.39. The van der Waals surface area contributed by atoms with Gasteiger partial charge in [0, 0.05) is 0 Å². The summed E-state index contributed by atoms with van der Waals surface area (Å²) in [6.07, 6.45) is 0. The van der Waals surface area contributed by atoms with Gasteiger partial charge in [-0.2, -0.15) is 0 Å². The van der Waals surface area contributed by atoms with Crippen molar-refractivity contribution in [1.29, 1.82) is 0 Å². The van der Waals surface area contributed by atoms with E-state index < -0.39 is 24.5 Å². The molecular weight excluding hydrogens is 156 g/mol. The predicted octanol–water partition coefficient (Wildman–Crippen LogP) is 0.410. The molecule has 0 radical (unpaired) electrons. The van der Waals surface area contributed by atoms with Gasteiger partial charge in [-0.3, -0.25) is 9.69 Å². The number of hydrogen-bond acceptors (Lipinski definition) is 2. The molecular formula is C6H9F2NO2. The van der Waals surface area contributed by atoms with E-state index in [0.717, 1.165) is 0 Å². The number of alkyl halides is 2.